The quantitative estimate of drug-likeness (QED) is 0.130. The molecule has 0 aromatic rings. The number of carbonyl (C=O) groups is 1. The fraction of sp³-hybridized carbons (Fsp3) is 0.867. The smallest absolute Gasteiger partial charge is 0.331 e. The maximum atomic E-state index is 12.5. The largest absolute Gasteiger partial charge is 0.458 e. The normalized spacial score (nSPS) is 52.5. The first-order valence-corrected chi connectivity index (χ1v) is 15.0. The van der Waals surface area contributed by atoms with Crippen LogP contribution in [0.25, 0.3) is 0 Å². The van der Waals surface area contributed by atoms with E-state index in [1.54, 1.807) is 26.3 Å². The summed E-state index contributed by atoms with van der Waals surface area (Å²) in [5, 5.41) is 48.5. The number of cyclic esters (lactones) is 1. The highest BCUT2D eigenvalue weighted by Gasteiger charge is 2.71. The molecular formula is C30H45NO9. The molecule has 0 amide bonds. The number of rotatable bonds is 5. The highest BCUT2D eigenvalue weighted by molar-refractivity contribution is 5.85. The first-order valence-electron chi connectivity index (χ1n) is 15.0. The van der Waals surface area contributed by atoms with Gasteiger partial charge in [0, 0.05) is 36.9 Å². The number of hydrogen-bond acceptors (Lipinski definition) is 10. The van der Waals surface area contributed by atoms with Gasteiger partial charge in [0.15, 0.2) is 6.29 Å². The number of hydrogen-bond donors (Lipinski definition) is 4. The number of ether oxygens (including phenoxy) is 4. The number of esters is 1. The van der Waals surface area contributed by atoms with E-state index in [2.05, 4.69) is 12.1 Å². The molecule has 12 atom stereocenters. The minimum atomic E-state index is -1.15. The first-order chi connectivity index (χ1) is 19.0. The van der Waals surface area contributed by atoms with E-state index in [4.69, 9.17) is 18.9 Å². The Labute approximate surface area is 235 Å². The minimum absolute atomic E-state index is 0.0469. The van der Waals surface area contributed by atoms with Crippen LogP contribution in [0.2, 0.25) is 0 Å². The zero-order valence-corrected chi connectivity index (χ0v) is 23.8. The topological polar surface area (TPSA) is 147 Å². The van der Waals surface area contributed by atoms with Gasteiger partial charge in [-0.25, -0.2) is 4.79 Å². The van der Waals surface area contributed by atoms with Gasteiger partial charge >= 0.3 is 5.97 Å². The summed E-state index contributed by atoms with van der Waals surface area (Å²) >= 11 is 0. The summed E-state index contributed by atoms with van der Waals surface area (Å²) in [6, 6.07) is 0. The molecule has 224 valence electrons. The number of fused-ring (bicyclic) bond motifs is 5. The molecule has 5 fully saturated rings. The highest BCUT2D eigenvalue weighted by atomic mass is 16.7. The van der Waals surface area contributed by atoms with Gasteiger partial charge in [0.2, 0.25) is 0 Å². The molecule has 0 bridgehead atoms. The van der Waals surface area contributed by atoms with Crippen molar-refractivity contribution in [1.82, 2.24) is 0 Å². The van der Waals surface area contributed by atoms with Gasteiger partial charge in [-0.2, -0.15) is 0 Å². The summed E-state index contributed by atoms with van der Waals surface area (Å²) in [7, 11) is 1.57. The Balaban J connectivity index is 1.23. The van der Waals surface area contributed by atoms with Gasteiger partial charge in [-0.15, -0.1) is 5.16 Å². The van der Waals surface area contributed by atoms with E-state index in [-0.39, 0.29) is 35.9 Å². The fourth-order valence-electron chi connectivity index (χ4n) is 10.1. The van der Waals surface area contributed by atoms with Crippen LogP contribution in [0.5, 0.6) is 0 Å². The molecule has 0 aromatic heterocycles. The zero-order valence-electron chi connectivity index (χ0n) is 23.8. The molecule has 1 saturated heterocycles. The molecule has 6 aliphatic rings. The lowest BCUT2D eigenvalue weighted by Gasteiger charge is -2.65. The van der Waals surface area contributed by atoms with Crippen molar-refractivity contribution in [3.63, 3.8) is 0 Å². The molecule has 4 saturated carbocycles. The predicted octanol–water partition coefficient (Wildman–Crippen LogP) is 2.69. The van der Waals surface area contributed by atoms with Crippen molar-refractivity contribution < 1.29 is 44.3 Å². The molecule has 4 N–H and O–H groups in total. The summed E-state index contributed by atoms with van der Waals surface area (Å²) in [4.78, 5) is 11.8. The van der Waals surface area contributed by atoms with Gasteiger partial charge in [0.25, 0.3) is 0 Å². The van der Waals surface area contributed by atoms with E-state index in [9.17, 15) is 25.3 Å². The van der Waals surface area contributed by atoms with E-state index in [0.29, 0.717) is 51.6 Å². The van der Waals surface area contributed by atoms with Gasteiger partial charge in [-0.1, -0.05) is 6.92 Å². The van der Waals surface area contributed by atoms with Crippen LogP contribution < -0.4 is 0 Å². The van der Waals surface area contributed by atoms with Gasteiger partial charge in [-0.3, -0.25) is 0 Å². The summed E-state index contributed by atoms with van der Waals surface area (Å²) < 4.78 is 23.0. The number of nitrogens with zero attached hydrogens (tertiary/aromatic N) is 1. The number of methoxy groups -OCH3 is 1. The molecule has 40 heavy (non-hydrogen) atoms. The van der Waals surface area contributed by atoms with Gasteiger partial charge in [-0.05, 0) is 81.6 Å². The lowest BCUT2D eigenvalue weighted by molar-refractivity contribution is -0.284. The second-order valence-electron chi connectivity index (χ2n) is 13.6. The first kappa shape index (κ1) is 28.6. The van der Waals surface area contributed by atoms with Crippen molar-refractivity contribution in [1.29, 1.82) is 0 Å². The molecule has 2 heterocycles. The minimum Gasteiger partial charge on any atom is -0.458 e. The molecule has 0 radical (unpaired) electrons. The third kappa shape index (κ3) is 4.04. The maximum Gasteiger partial charge on any atom is 0.331 e. The Morgan fingerprint density at radius 3 is 2.58 bits per heavy atom. The molecule has 2 aliphatic heterocycles. The second kappa shape index (κ2) is 10.0. The number of carbonyl (C=O) groups excluding carboxylic acids is 1. The van der Waals surface area contributed by atoms with E-state index in [0.717, 1.165) is 24.8 Å². The van der Waals surface area contributed by atoms with E-state index < -0.39 is 40.5 Å². The van der Waals surface area contributed by atoms with Crippen molar-refractivity contribution in [2.24, 2.45) is 33.7 Å². The predicted molar refractivity (Wildman–Crippen MR) is 142 cm³/mol. The van der Waals surface area contributed by atoms with Crippen molar-refractivity contribution in [2.45, 2.75) is 120 Å². The van der Waals surface area contributed by atoms with Crippen molar-refractivity contribution in [3.05, 3.63) is 11.6 Å². The number of aliphatic hydroxyl groups excluding tert-OH is 1. The summed E-state index contributed by atoms with van der Waals surface area (Å²) in [5.74, 6) is -0.319. The molecule has 0 spiro atoms. The lowest BCUT2D eigenvalue weighted by atomic mass is 9.41. The zero-order chi connectivity index (χ0) is 28.5. The summed E-state index contributed by atoms with van der Waals surface area (Å²) in [5.41, 5.74) is -2.28. The van der Waals surface area contributed by atoms with Crippen LogP contribution in [0.3, 0.4) is 0 Å². The molecular weight excluding hydrogens is 518 g/mol. The van der Waals surface area contributed by atoms with Gasteiger partial charge < -0.3 is 39.5 Å². The van der Waals surface area contributed by atoms with Crippen LogP contribution in [0.15, 0.2) is 16.8 Å². The average molecular weight is 564 g/mol. The third-order valence-corrected chi connectivity index (χ3v) is 12.2. The van der Waals surface area contributed by atoms with E-state index in [1.807, 2.05) is 0 Å². The van der Waals surface area contributed by atoms with Crippen LogP contribution in [0.1, 0.15) is 78.1 Å². The summed E-state index contributed by atoms with van der Waals surface area (Å²) in [6.07, 6.45) is 6.96. The van der Waals surface area contributed by atoms with Crippen LogP contribution in [0, 0.1) is 28.6 Å². The maximum absolute atomic E-state index is 12.5. The van der Waals surface area contributed by atoms with Crippen LogP contribution in [-0.4, -0.2) is 88.3 Å². The van der Waals surface area contributed by atoms with Crippen LogP contribution >= 0.6 is 0 Å². The Bertz CT molecular complexity index is 1070. The van der Waals surface area contributed by atoms with Crippen molar-refractivity contribution in [2.75, 3.05) is 13.7 Å². The Morgan fingerprint density at radius 1 is 1.10 bits per heavy atom. The number of oxime groups is 1. The van der Waals surface area contributed by atoms with Gasteiger partial charge in [0.05, 0.1) is 35.7 Å². The Hall–Kier alpha value is -1.56. The Kier molecular flexibility index (Phi) is 7.15. The van der Waals surface area contributed by atoms with E-state index in [1.165, 1.54) is 0 Å². The molecule has 0 aromatic carbocycles. The van der Waals surface area contributed by atoms with Gasteiger partial charge in [0.1, 0.15) is 12.7 Å². The SMILES string of the molecule is COC1CC(OC2CCC3(/C=N/O)[C@H]4CCC5(C)C(C6=CC(=O)OC6)CCC5(O)[C@@H]4CCC3(O)C2)OC(C)C1O. The monoisotopic (exact) mass is 563 g/mol. The second-order valence-corrected chi connectivity index (χ2v) is 13.6. The molecule has 10 heteroatoms. The van der Waals surface area contributed by atoms with Crippen molar-refractivity contribution >= 4 is 12.2 Å². The molecule has 10 unspecified atom stereocenters. The van der Waals surface area contributed by atoms with Crippen LogP contribution in [-0.2, 0) is 23.7 Å². The summed E-state index contributed by atoms with van der Waals surface area (Å²) in [6.45, 7) is 4.27. The highest BCUT2D eigenvalue weighted by Crippen LogP contribution is 2.70. The third-order valence-electron chi connectivity index (χ3n) is 12.2. The standard InChI is InChI=1S/C30H45NO9/c1-17-26(33)23(37-3)13-25(39-17)40-19-4-9-28(16-31-36)21-5-8-27(2)20(18-12-24(32)38-15-18)7-11-30(27,35)22(21)6-10-29(28,34)14-19/h12,16-17,19-23,25-26,33-36H,4-11,13-15H2,1-3H3/b31-16+/t17?,19?,20?,21-,22+,23?,25?,26?,27?,28?,29?,30?/m0/s1. The fourth-order valence-corrected chi connectivity index (χ4v) is 10.1. The van der Waals surface area contributed by atoms with Crippen LogP contribution in [0.4, 0.5) is 0 Å². The molecule has 4 aliphatic carbocycles. The Morgan fingerprint density at radius 2 is 1.88 bits per heavy atom. The average Bonchev–Trinajstić information content (AvgIpc) is 3.46. The molecule has 6 rings (SSSR count). The van der Waals surface area contributed by atoms with Crippen molar-refractivity contribution in [3.8, 4) is 0 Å². The number of aliphatic hydroxyl groups is 3. The lowest BCUT2D eigenvalue weighted by Crippen LogP contribution is -2.69. The van der Waals surface area contributed by atoms with E-state index >= 15 is 0 Å². The molecule has 10 nitrogen and oxygen atoms in total.